The average molecular weight is 433 g/mol. The number of carbonyl (C=O) groups excluding carboxylic acids is 3. The van der Waals surface area contributed by atoms with Crippen molar-refractivity contribution < 1.29 is 33.8 Å². The van der Waals surface area contributed by atoms with Crippen LogP contribution in [0.5, 0.6) is 0 Å². The first-order valence-electron chi connectivity index (χ1n) is 9.80. The maximum Gasteiger partial charge on any atom is 0.407 e. The lowest BCUT2D eigenvalue weighted by molar-refractivity contribution is -0.139. The van der Waals surface area contributed by atoms with E-state index in [4.69, 9.17) is 20.3 Å². The van der Waals surface area contributed by atoms with E-state index < -0.39 is 35.4 Å². The molecule has 0 heterocycles. The van der Waals surface area contributed by atoms with Gasteiger partial charge in [0.05, 0.1) is 0 Å². The molecule has 0 bridgehead atoms. The fourth-order valence-electron chi connectivity index (χ4n) is 2.14. The van der Waals surface area contributed by atoms with Crippen LogP contribution < -0.4 is 16.4 Å². The van der Waals surface area contributed by atoms with E-state index in [-0.39, 0.29) is 44.9 Å². The number of ether oxygens (including phenoxy) is 2. The summed E-state index contributed by atoms with van der Waals surface area (Å²) in [5, 5.41) is 14.0. The fraction of sp³-hybridized carbons (Fsp3) is 0.789. The van der Waals surface area contributed by atoms with Crippen molar-refractivity contribution in [2.75, 3.05) is 26.2 Å². The molecule has 30 heavy (non-hydrogen) atoms. The maximum atomic E-state index is 12.5. The standard InChI is InChI=1S/C19H36N4O7/c1-18(2,3)29-16(27)21-9-11-23(14(24)8-7-13(20)15(25)26)12-10-22-17(28)30-19(4,5)6/h13H,7-12,20H2,1-6H3,(H,21,27)(H,22,28)(H,25,26)/t13-/m0/s1. The largest absolute Gasteiger partial charge is 0.480 e. The molecule has 0 unspecified atom stereocenters. The molecule has 11 heteroatoms. The Labute approximate surface area is 177 Å². The molecule has 11 nitrogen and oxygen atoms in total. The van der Waals surface area contributed by atoms with Gasteiger partial charge in [0.15, 0.2) is 0 Å². The number of nitrogens with one attached hydrogen (secondary N) is 2. The van der Waals surface area contributed by atoms with Crippen molar-refractivity contribution in [3.8, 4) is 0 Å². The Kier molecular flexibility index (Phi) is 11.2. The zero-order chi connectivity index (χ0) is 23.5. The molecule has 0 aromatic carbocycles. The number of carboxylic acid groups (broad SMARTS) is 1. The van der Waals surface area contributed by atoms with Crippen LogP contribution in [0, 0.1) is 0 Å². The minimum Gasteiger partial charge on any atom is -0.480 e. The van der Waals surface area contributed by atoms with E-state index in [9.17, 15) is 19.2 Å². The summed E-state index contributed by atoms with van der Waals surface area (Å²) in [5.41, 5.74) is 4.15. The Morgan fingerprint density at radius 3 is 1.63 bits per heavy atom. The average Bonchev–Trinajstić information content (AvgIpc) is 2.54. The summed E-state index contributed by atoms with van der Waals surface area (Å²) in [6.07, 6.45) is -1.33. The Bertz CT molecular complexity index is 563. The van der Waals surface area contributed by atoms with E-state index in [0.29, 0.717) is 0 Å². The number of amides is 3. The normalized spacial score (nSPS) is 12.5. The zero-order valence-corrected chi connectivity index (χ0v) is 18.7. The Morgan fingerprint density at radius 1 is 0.900 bits per heavy atom. The van der Waals surface area contributed by atoms with Crippen LogP contribution in [0.1, 0.15) is 54.4 Å². The summed E-state index contributed by atoms with van der Waals surface area (Å²) in [7, 11) is 0. The third-order valence-corrected chi connectivity index (χ3v) is 3.44. The third kappa shape index (κ3) is 14.4. The molecule has 0 aliphatic rings. The molecule has 1 atom stereocenters. The van der Waals surface area contributed by atoms with Crippen LogP contribution >= 0.6 is 0 Å². The van der Waals surface area contributed by atoms with Gasteiger partial charge in [-0.1, -0.05) is 0 Å². The number of hydrogen-bond acceptors (Lipinski definition) is 7. The minimum absolute atomic E-state index is 0.0242. The quantitative estimate of drug-likeness (QED) is 0.398. The van der Waals surface area contributed by atoms with Crippen LogP contribution in [0.25, 0.3) is 0 Å². The van der Waals surface area contributed by atoms with Crippen LogP contribution in [-0.2, 0) is 19.1 Å². The van der Waals surface area contributed by atoms with Gasteiger partial charge in [-0.15, -0.1) is 0 Å². The maximum absolute atomic E-state index is 12.5. The van der Waals surface area contributed by atoms with Crippen LogP contribution in [0.15, 0.2) is 0 Å². The van der Waals surface area contributed by atoms with E-state index in [2.05, 4.69) is 10.6 Å². The molecule has 0 aliphatic carbocycles. The van der Waals surface area contributed by atoms with Gasteiger partial charge in [-0.3, -0.25) is 9.59 Å². The number of rotatable bonds is 10. The highest BCUT2D eigenvalue weighted by Gasteiger charge is 2.20. The Hall–Kier alpha value is -2.56. The second-order valence-corrected chi connectivity index (χ2v) is 8.72. The van der Waals surface area contributed by atoms with Crippen LogP contribution in [0.3, 0.4) is 0 Å². The van der Waals surface area contributed by atoms with Crippen molar-refractivity contribution in [1.82, 2.24) is 15.5 Å². The molecular formula is C19H36N4O7. The first kappa shape index (κ1) is 27.4. The summed E-state index contributed by atoms with van der Waals surface area (Å²) in [4.78, 5) is 48.2. The molecule has 0 radical (unpaired) electrons. The molecule has 0 aromatic rings. The molecule has 0 rings (SSSR count). The van der Waals surface area contributed by atoms with Gasteiger partial charge < -0.3 is 35.8 Å². The number of carboxylic acids is 1. The van der Waals surface area contributed by atoms with Gasteiger partial charge in [0.25, 0.3) is 0 Å². The summed E-state index contributed by atoms with van der Waals surface area (Å²) in [6, 6.07) is -1.14. The highest BCUT2D eigenvalue weighted by atomic mass is 16.6. The summed E-state index contributed by atoms with van der Waals surface area (Å²) >= 11 is 0. The molecule has 174 valence electrons. The molecule has 0 saturated heterocycles. The third-order valence-electron chi connectivity index (χ3n) is 3.44. The molecule has 0 aliphatic heterocycles. The van der Waals surface area contributed by atoms with Crippen molar-refractivity contribution in [1.29, 1.82) is 0 Å². The zero-order valence-electron chi connectivity index (χ0n) is 18.7. The summed E-state index contributed by atoms with van der Waals surface area (Å²) in [6.45, 7) is 10.9. The molecule has 0 saturated carbocycles. The number of nitrogens with two attached hydrogens (primary N) is 1. The van der Waals surface area contributed by atoms with Gasteiger partial charge in [0, 0.05) is 32.6 Å². The number of carbonyl (C=O) groups is 4. The SMILES string of the molecule is CC(C)(C)OC(=O)NCCN(CCNC(=O)OC(C)(C)C)C(=O)CC[C@H](N)C(=O)O. The van der Waals surface area contributed by atoms with E-state index in [1.807, 2.05) is 0 Å². The minimum atomic E-state index is -1.19. The number of aliphatic carboxylic acids is 1. The van der Waals surface area contributed by atoms with Crippen molar-refractivity contribution in [2.45, 2.75) is 71.6 Å². The highest BCUT2D eigenvalue weighted by Crippen LogP contribution is 2.07. The number of nitrogens with zero attached hydrogens (tertiary/aromatic N) is 1. The van der Waals surface area contributed by atoms with Gasteiger partial charge in [-0.25, -0.2) is 9.59 Å². The van der Waals surface area contributed by atoms with Crippen molar-refractivity contribution in [2.24, 2.45) is 5.73 Å². The molecule has 0 spiro atoms. The van der Waals surface area contributed by atoms with Gasteiger partial charge >= 0.3 is 18.2 Å². The predicted octanol–water partition coefficient (Wildman–Crippen LogP) is 1.06. The Balaban J connectivity index is 4.71. The Morgan fingerprint density at radius 2 is 1.30 bits per heavy atom. The molecular weight excluding hydrogens is 396 g/mol. The van der Waals surface area contributed by atoms with E-state index >= 15 is 0 Å². The molecule has 5 N–H and O–H groups in total. The van der Waals surface area contributed by atoms with Crippen molar-refractivity contribution in [3.63, 3.8) is 0 Å². The summed E-state index contributed by atoms with van der Waals surface area (Å²) < 4.78 is 10.3. The first-order valence-corrected chi connectivity index (χ1v) is 9.80. The van der Waals surface area contributed by atoms with Crippen LogP contribution in [0.2, 0.25) is 0 Å². The van der Waals surface area contributed by atoms with E-state index in [0.717, 1.165) is 0 Å². The van der Waals surface area contributed by atoms with Crippen LogP contribution in [0.4, 0.5) is 9.59 Å². The van der Waals surface area contributed by atoms with Gasteiger partial charge in [0.1, 0.15) is 17.2 Å². The van der Waals surface area contributed by atoms with Crippen molar-refractivity contribution in [3.05, 3.63) is 0 Å². The fourth-order valence-corrected chi connectivity index (χ4v) is 2.14. The van der Waals surface area contributed by atoms with Gasteiger partial charge in [-0.05, 0) is 48.0 Å². The predicted molar refractivity (Wildman–Crippen MR) is 110 cm³/mol. The molecule has 0 aromatic heterocycles. The van der Waals surface area contributed by atoms with E-state index in [1.54, 1.807) is 41.5 Å². The lowest BCUT2D eigenvalue weighted by Crippen LogP contribution is -2.44. The van der Waals surface area contributed by atoms with E-state index in [1.165, 1.54) is 4.90 Å². The number of alkyl carbamates (subject to hydrolysis) is 2. The second-order valence-electron chi connectivity index (χ2n) is 8.72. The van der Waals surface area contributed by atoms with Crippen molar-refractivity contribution >= 4 is 24.1 Å². The second kappa shape index (κ2) is 12.2. The summed E-state index contributed by atoms with van der Waals surface area (Å²) in [5.74, 6) is -1.53. The van der Waals surface area contributed by atoms with Gasteiger partial charge in [0.2, 0.25) is 5.91 Å². The van der Waals surface area contributed by atoms with Crippen LogP contribution in [-0.4, -0.2) is 77.5 Å². The number of hydrogen-bond donors (Lipinski definition) is 4. The van der Waals surface area contributed by atoms with Gasteiger partial charge in [-0.2, -0.15) is 0 Å². The monoisotopic (exact) mass is 432 g/mol. The topological polar surface area (TPSA) is 160 Å². The molecule has 0 fully saturated rings. The first-order chi connectivity index (χ1) is 13.6. The lowest BCUT2D eigenvalue weighted by Gasteiger charge is -2.25. The molecule has 3 amide bonds. The smallest absolute Gasteiger partial charge is 0.407 e. The lowest BCUT2D eigenvalue weighted by atomic mass is 10.1. The highest BCUT2D eigenvalue weighted by molar-refractivity contribution is 5.78.